The first-order valence-corrected chi connectivity index (χ1v) is 15.5. The van der Waals surface area contributed by atoms with E-state index in [1.54, 1.807) is 12.1 Å². The predicted molar refractivity (Wildman–Crippen MR) is 183 cm³/mol. The molecule has 0 aliphatic rings. The number of pyridine rings is 1. The highest BCUT2D eigenvalue weighted by Crippen LogP contribution is 2.41. The molecular formula is C40H32FN3O. The predicted octanol–water partition coefficient (Wildman–Crippen LogP) is 11.2. The van der Waals surface area contributed by atoms with Gasteiger partial charge in [-0.25, -0.2) is 14.4 Å². The van der Waals surface area contributed by atoms with Gasteiger partial charge in [-0.05, 0) is 76.6 Å². The van der Waals surface area contributed by atoms with Gasteiger partial charge in [-0.1, -0.05) is 94.4 Å². The van der Waals surface area contributed by atoms with Gasteiger partial charge in [0.25, 0.3) is 0 Å². The Balaban J connectivity index is 1.45. The second kappa shape index (κ2) is 10.4. The number of fused-ring (bicyclic) bond motifs is 5. The number of furan rings is 1. The number of rotatable bonds is 5. The minimum Gasteiger partial charge on any atom is -0.455 e. The summed E-state index contributed by atoms with van der Waals surface area (Å²) in [5, 5.41) is 3.06. The molecule has 220 valence electrons. The topological polar surface area (TPSA) is 43.9 Å². The molecule has 0 radical (unpaired) electrons. The molecule has 3 heterocycles. The molecule has 0 atom stereocenters. The van der Waals surface area contributed by atoms with E-state index in [9.17, 15) is 4.39 Å². The number of hydrogen-bond acceptors (Lipinski definition) is 3. The third-order valence-electron chi connectivity index (χ3n) is 8.80. The Morgan fingerprint density at radius 2 is 1.38 bits per heavy atom. The molecule has 0 aliphatic heterocycles. The molecule has 0 bridgehead atoms. The van der Waals surface area contributed by atoms with E-state index in [2.05, 4.69) is 92.9 Å². The fourth-order valence-electron chi connectivity index (χ4n) is 6.59. The Bertz CT molecular complexity index is 2390. The minimum atomic E-state index is -0.262. The maximum atomic E-state index is 14.1. The van der Waals surface area contributed by atoms with Crippen molar-refractivity contribution in [3.8, 4) is 28.2 Å². The summed E-state index contributed by atoms with van der Waals surface area (Å²) < 4.78 is 23.0. The van der Waals surface area contributed by atoms with E-state index in [-0.39, 0.29) is 17.7 Å². The van der Waals surface area contributed by atoms with Gasteiger partial charge in [0.05, 0.1) is 16.8 Å². The van der Waals surface area contributed by atoms with Crippen LogP contribution in [0.4, 0.5) is 4.39 Å². The largest absolute Gasteiger partial charge is 0.455 e. The van der Waals surface area contributed by atoms with Crippen molar-refractivity contribution in [2.45, 2.75) is 39.5 Å². The van der Waals surface area contributed by atoms with Crippen LogP contribution in [-0.4, -0.2) is 14.5 Å². The summed E-state index contributed by atoms with van der Waals surface area (Å²) in [6.45, 7) is 8.95. The Kier molecular flexibility index (Phi) is 6.31. The lowest BCUT2D eigenvalue weighted by Crippen LogP contribution is -2.09. The van der Waals surface area contributed by atoms with E-state index in [1.165, 1.54) is 17.2 Å². The highest BCUT2D eigenvalue weighted by Gasteiger charge is 2.25. The summed E-state index contributed by atoms with van der Waals surface area (Å²) in [6.07, 6.45) is 0. The van der Waals surface area contributed by atoms with E-state index < -0.39 is 0 Å². The summed E-state index contributed by atoms with van der Waals surface area (Å²) in [7, 11) is 0. The number of hydrogen-bond donors (Lipinski definition) is 0. The highest BCUT2D eigenvalue weighted by molar-refractivity contribution is 6.10. The van der Waals surface area contributed by atoms with Crippen molar-refractivity contribution >= 4 is 44.0 Å². The molecule has 0 saturated carbocycles. The second-order valence-corrected chi connectivity index (χ2v) is 12.4. The van der Waals surface area contributed by atoms with Crippen LogP contribution in [0, 0.1) is 5.82 Å². The van der Waals surface area contributed by atoms with Gasteiger partial charge < -0.3 is 4.42 Å². The van der Waals surface area contributed by atoms with Crippen LogP contribution in [0.5, 0.6) is 0 Å². The van der Waals surface area contributed by atoms with Crippen LogP contribution in [0.2, 0.25) is 0 Å². The first kappa shape index (κ1) is 27.3. The molecule has 0 spiro atoms. The lowest BCUT2D eigenvalue weighted by molar-refractivity contribution is 0.628. The van der Waals surface area contributed by atoms with Gasteiger partial charge in [-0.3, -0.25) is 4.57 Å². The van der Waals surface area contributed by atoms with Gasteiger partial charge >= 0.3 is 0 Å². The Hall–Kier alpha value is -5.29. The van der Waals surface area contributed by atoms with E-state index >= 15 is 0 Å². The normalized spacial score (nSPS) is 12.1. The molecule has 8 aromatic rings. The highest BCUT2D eigenvalue weighted by atomic mass is 19.1. The van der Waals surface area contributed by atoms with Crippen molar-refractivity contribution in [3.05, 3.63) is 126 Å². The van der Waals surface area contributed by atoms with Crippen molar-refractivity contribution in [2.75, 3.05) is 0 Å². The van der Waals surface area contributed by atoms with E-state index in [1.807, 2.05) is 30.3 Å². The van der Waals surface area contributed by atoms with Crippen LogP contribution >= 0.6 is 0 Å². The van der Waals surface area contributed by atoms with Gasteiger partial charge in [0.2, 0.25) is 0 Å². The van der Waals surface area contributed by atoms with Crippen LogP contribution in [0.15, 0.2) is 114 Å². The monoisotopic (exact) mass is 589 g/mol. The average Bonchev–Trinajstić information content (AvgIpc) is 3.60. The van der Waals surface area contributed by atoms with Gasteiger partial charge in [-0.2, -0.15) is 0 Å². The molecule has 5 aromatic carbocycles. The average molecular weight is 590 g/mol. The fourth-order valence-corrected chi connectivity index (χ4v) is 6.59. The van der Waals surface area contributed by atoms with Crippen LogP contribution in [0.1, 0.15) is 50.7 Å². The number of halogens is 1. The first-order valence-electron chi connectivity index (χ1n) is 15.5. The zero-order valence-electron chi connectivity index (χ0n) is 25.7. The van der Waals surface area contributed by atoms with Crippen LogP contribution in [0.25, 0.3) is 72.2 Å². The molecule has 3 aromatic heterocycles. The minimum absolute atomic E-state index is 0.262. The smallest absolute Gasteiger partial charge is 0.165 e. The summed E-state index contributed by atoms with van der Waals surface area (Å²) >= 11 is 0. The van der Waals surface area contributed by atoms with Crippen molar-refractivity contribution in [1.29, 1.82) is 0 Å². The van der Waals surface area contributed by atoms with Crippen molar-refractivity contribution in [3.63, 3.8) is 0 Å². The van der Waals surface area contributed by atoms with E-state index in [4.69, 9.17) is 14.4 Å². The zero-order valence-corrected chi connectivity index (χ0v) is 25.7. The molecule has 0 unspecified atom stereocenters. The van der Waals surface area contributed by atoms with Crippen LogP contribution < -0.4 is 0 Å². The molecule has 4 nitrogen and oxygen atoms in total. The Morgan fingerprint density at radius 3 is 2.16 bits per heavy atom. The molecule has 5 heteroatoms. The molecule has 0 N–H and O–H groups in total. The number of imidazole rings is 1. The van der Waals surface area contributed by atoms with Gasteiger partial charge in [0.15, 0.2) is 11.5 Å². The maximum absolute atomic E-state index is 14.1. The number of aromatic nitrogens is 3. The third kappa shape index (κ3) is 4.41. The van der Waals surface area contributed by atoms with Crippen LogP contribution in [0.3, 0.4) is 0 Å². The second-order valence-electron chi connectivity index (χ2n) is 12.4. The summed E-state index contributed by atoms with van der Waals surface area (Å²) in [6, 6.07) is 35.9. The SMILES string of the molecule is CC(C)c1cccc(C(C)C)c1-n1c(-c2cccc3c2oc2cc(-c4cccc(F)c4)ccc23)nc2cc3ccccc3nc21. The standard InChI is InChI=1S/C40H32FN3O/c1-23(2)29-13-8-14-30(24(3)4)37(29)44-39(43-35-21-27-10-5-6-17-34(27)42-40(35)44)33-16-9-15-32-31-19-18-26(22-36(31)45-38(32)33)25-11-7-12-28(41)20-25/h5-24H,1-4H3. The molecular weight excluding hydrogens is 557 g/mol. The molecule has 45 heavy (non-hydrogen) atoms. The Morgan fingerprint density at radius 1 is 0.644 bits per heavy atom. The lowest BCUT2D eigenvalue weighted by atomic mass is 9.92. The zero-order chi connectivity index (χ0) is 30.8. The maximum Gasteiger partial charge on any atom is 0.165 e. The van der Waals surface area contributed by atoms with Gasteiger partial charge in [-0.15, -0.1) is 0 Å². The summed E-state index contributed by atoms with van der Waals surface area (Å²) in [5.41, 5.74) is 10.3. The van der Waals surface area contributed by atoms with Crippen molar-refractivity contribution in [2.24, 2.45) is 0 Å². The third-order valence-corrected chi connectivity index (χ3v) is 8.80. The quantitative estimate of drug-likeness (QED) is 0.201. The lowest BCUT2D eigenvalue weighted by Gasteiger charge is -2.22. The van der Waals surface area contributed by atoms with Crippen molar-refractivity contribution < 1.29 is 8.81 Å². The summed E-state index contributed by atoms with van der Waals surface area (Å²) in [4.78, 5) is 10.5. The summed E-state index contributed by atoms with van der Waals surface area (Å²) in [5.74, 6) is 1.10. The molecule has 0 amide bonds. The molecule has 8 rings (SSSR count). The fraction of sp³-hybridized carbons (Fsp3) is 0.150. The van der Waals surface area contributed by atoms with Gasteiger partial charge in [0.1, 0.15) is 22.5 Å². The number of nitrogens with zero attached hydrogens (tertiary/aromatic N) is 3. The van der Waals surface area contributed by atoms with Crippen molar-refractivity contribution in [1.82, 2.24) is 14.5 Å². The number of para-hydroxylation sites is 3. The van der Waals surface area contributed by atoms with Gasteiger partial charge in [0, 0.05) is 16.2 Å². The van der Waals surface area contributed by atoms with E-state index in [0.717, 1.165) is 72.2 Å². The van der Waals surface area contributed by atoms with Crippen LogP contribution in [-0.2, 0) is 0 Å². The van der Waals surface area contributed by atoms with E-state index in [0.29, 0.717) is 0 Å². The molecule has 0 fully saturated rings. The molecule has 0 aliphatic carbocycles. The number of benzene rings is 5. The Labute approximate surface area is 260 Å². The first-order chi connectivity index (χ1) is 21.9. The molecule has 0 saturated heterocycles.